The number of rotatable bonds is 7. The molecule has 1 N–H and O–H groups in total. The van der Waals surface area contributed by atoms with Crippen molar-refractivity contribution in [2.75, 3.05) is 44.9 Å². The van der Waals surface area contributed by atoms with E-state index in [1.165, 1.54) is 0 Å². The molecule has 1 aromatic heterocycles. The molecule has 8 nitrogen and oxygen atoms in total. The molecule has 27 heavy (non-hydrogen) atoms. The lowest BCUT2D eigenvalue weighted by Gasteiger charge is -2.28. The van der Waals surface area contributed by atoms with Crippen molar-refractivity contribution < 1.29 is 19.0 Å². The lowest BCUT2D eigenvalue weighted by Crippen LogP contribution is -2.37. The van der Waals surface area contributed by atoms with Crippen LogP contribution in [0.15, 0.2) is 30.3 Å². The summed E-state index contributed by atoms with van der Waals surface area (Å²) >= 11 is 0. The minimum absolute atomic E-state index is 0.0749. The van der Waals surface area contributed by atoms with Gasteiger partial charge < -0.3 is 24.4 Å². The van der Waals surface area contributed by atoms with Crippen LogP contribution in [-0.2, 0) is 16.1 Å². The minimum Gasteiger partial charge on any atom is -0.497 e. The summed E-state index contributed by atoms with van der Waals surface area (Å²) in [6, 6.07) is 9.01. The van der Waals surface area contributed by atoms with Crippen LogP contribution in [0.2, 0.25) is 0 Å². The Bertz CT molecular complexity index is 761. The molecule has 0 radical (unpaired) electrons. The maximum Gasteiger partial charge on any atom is 0.258 e. The van der Waals surface area contributed by atoms with Crippen molar-refractivity contribution >= 4 is 11.7 Å². The van der Waals surface area contributed by atoms with Crippen LogP contribution in [0.5, 0.6) is 11.5 Å². The molecule has 0 bridgehead atoms. The number of aryl methyl sites for hydroxylation is 1. The van der Waals surface area contributed by atoms with Gasteiger partial charge in [0.1, 0.15) is 23.1 Å². The number of morpholine rings is 1. The summed E-state index contributed by atoms with van der Waals surface area (Å²) in [6.45, 7) is 5.09. The number of nitrogens with one attached hydrogen (secondary N) is 1. The quantitative estimate of drug-likeness (QED) is 0.785. The monoisotopic (exact) mass is 372 g/mol. The van der Waals surface area contributed by atoms with Gasteiger partial charge >= 0.3 is 0 Å². The number of hydrogen-bond donors (Lipinski definition) is 1. The number of nitrogens with zero attached hydrogens (tertiary/aromatic N) is 3. The molecule has 1 aliphatic heterocycles. The SMILES string of the molecule is COc1ccc(OCC(=O)NCc2nc(C)cc(N3CCOCC3)n2)cc1. The highest BCUT2D eigenvalue weighted by atomic mass is 16.5. The number of aromatic nitrogens is 2. The highest BCUT2D eigenvalue weighted by Crippen LogP contribution is 2.17. The summed E-state index contributed by atoms with van der Waals surface area (Å²) in [7, 11) is 1.60. The lowest BCUT2D eigenvalue weighted by atomic mass is 10.3. The number of methoxy groups -OCH3 is 1. The standard InChI is InChI=1S/C19H24N4O4/c1-14-11-18(23-7-9-26-10-8-23)22-17(21-14)12-20-19(24)13-27-16-5-3-15(25-2)4-6-16/h3-6,11H,7-10,12-13H2,1-2H3,(H,20,24). The van der Waals surface area contributed by atoms with Crippen molar-refractivity contribution in [2.24, 2.45) is 0 Å². The van der Waals surface area contributed by atoms with E-state index in [0.29, 0.717) is 24.8 Å². The van der Waals surface area contributed by atoms with E-state index in [1.54, 1.807) is 31.4 Å². The van der Waals surface area contributed by atoms with E-state index in [0.717, 1.165) is 30.4 Å². The van der Waals surface area contributed by atoms with E-state index in [4.69, 9.17) is 14.2 Å². The molecule has 0 atom stereocenters. The molecule has 0 spiro atoms. The van der Waals surface area contributed by atoms with Crippen molar-refractivity contribution in [3.05, 3.63) is 41.9 Å². The maximum absolute atomic E-state index is 12.0. The Morgan fingerprint density at radius 3 is 2.59 bits per heavy atom. The van der Waals surface area contributed by atoms with Gasteiger partial charge in [-0.15, -0.1) is 0 Å². The second-order valence-electron chi connectivity index (χ2n) is 6.12. The largest absolute Gasteiger partial charge is 0.497 e. The summed E-state index contributed by atoms with van der Waals surface area (Å²) in [5, 5.41) is 2.79. The zero-order valence-electron chi connectivity index (χ0n) is 15.6. The molecule has 1 fully saturated rings. The zero-order valence-corrected chi connectivity index (χ0v) is 15.6. The molecule has 1 amide bonds. The second kappa shape index (κ2) is 9.18. The first-order chi connectivity index (χ1) is 13.1. The molecule has 3 rings (SSSR count). The number of benzene rings is 1. The molecule has 1 aromatic carbocycles. The molecule has 0 saturated carbocycles. The Morgan fingerprint density at radius 2 is 1.89 bits per heavy atom. The van der Waals surface area contributed by atoms with Crippen LogP contribution in [-0.4, -0.2) is 55.9 Å². The number of anilines is 1. The van der Waals surface area contributed by atoms with Crippen LogP contribution in [0.25, 0.3) is 0 Å². The molecule has 0 aliphatic carbocycles. The zero-order chi connectivity index (χ0) is 19.1. The number of carbonyl (C=O) groups is 1. The van der Waals surface area contributed by atoms with Gasteiger partial charge in [0.15, 0.2) is 6.61 Å². The first-order valence-electron chi connectivity index (χ1n) is 8.85. The van der Waals surface area contributed by atoms with E-state index in [9.17, 15) is 4.79 Å². The van der Waals surface area contributed by atoms with Crippen molar-refractivity contribution in [3.8, 4) is 11.5 Å². The molecule has 144 valence electrons. The highest BCUT2D eigenvalue weighted by molar-refractivity contribution is 5.77. The third-order valence-corrected chi connectivity index (χ3v) is 4.10. The predicted molar refractivity (Wildman–Crippen MR) is 100 cm³/mol. The fourth-order valence-corrected chi connectivity index (χ4v) is 2.70. The molecule has 8 heteroatoms. The Kier molecular flexibility index (Phi) is 6.43. The Balaban J connectivity index is 1.51. The smallest absolute Gasteiger partial charge is 0.258 e. The van der Waals surface area contributed by atoms with Crippen LogP contribution in [0, 0.1) is 6.92 Å². The van der Waals surface area contributed by atoms with Crippen LogP contribution in [0.4, 0.5) is 5.82 Å². The predicted octanol–water partition coefficient (Wildman–Crippen LogP) is 1.33. The number of carbonyl (C=O) groups excluding carboxylic acids is 1. The second-order valence-corrected chi connectivity index (χ2v) is 6.12. The summed E-state index contributed by atoms with van der Waals surface area (Å²) in [5.41, 5.74) is 0.866. The van der Waals surface area contributed by atoms with Gasteiger partial charge in [0.05, 0.1) is 26.9 Å². The summed E-state index contributed by atoms with van der Waals surface area (Å²) in [6.07, 6.45) is 0. The van der Waals surface area contributed by atoms with E-state index in [-0.39, 0.29) is 19.1 Å². The van der Waals surface area contributed by atoms with Gasteiger partial charge in [-0.2, -0.15) is 0 Å². The summed E-state index contributed by atoms with van der Waals surface area (Å²) in [5.74, 6) is 2.55. The van der Waals surface area contributed by atoms with Crippen LogP contribution >= 0.6 is 0 Å². The van der Waals surface area contributed by atoms with Gasteiger partial charge in [-0.1, -0.05) is 0 Å². The van der Waals surface area contributed by atoms with Crippen LogP contribution in [0.3, 0.4) is 0 Å². The van der Waals surface area contributed by atoms with Crippen molar-refractivity contribution in [3.63, 3.8) is 0 Å². The van der Waals surface area contributed by atoms with Gasteiger partial charge in [-0.25, -0.2) is 9.97 Å². The van der Waals surface area contributed by atoms with Gasteiger partial charge in [-0.05, 0) is 31.2 Å². The van der Waals surface area contributed by atoms with Crippen LogP contribution < -0.4 is 19.7 Å². The number of ether oxygens (including phenoxy) is 3. The van der Waals surface area contributed by atoms with E-state index >= 15 is 0 Å². The van der Waals surface area contributed by atoms with Crippen molar-refractivity contribution in [1.82, 2.24) is 15.3 Å². The highest BCUT2D eigenvalue weighted by Gasteiger charge is 2.14. The minimum atomic E-state index is -0.233. The number of hydrogen-bond acceptors (Lipinski definition) is 7. The Hall–Kier alpha value is -2.87. The molecule has 0 unspecified atom stereocenters. The van der Waals surface area contributed by atoms with Gasteiger partial charge in [-0.3, -0.25) is 4.79 Å². The Morgan fingerprint density at radius 1 is 1.19 bits per heavy atom. The first kappa shape index (κ1) is 18.9. The van der Waals surface area contributed by atoms with Gasteiger partial charge in [0.2, 0.25) is 0 Å². The topological polar surface area (TPSA) is 85.8 Å². The molecule has 1 saturated heterocycles. The number of amides is 1. The molecule has 2 heterocycles. The molecule has 1 aliphatic rings. The Labute approximate surface area is 158 Å². The molecule has 2 aromatic rings. The van der Waals surface area contributed by atoms with E-state index in [1.807, 2.05) is 13.0 Å². The summed E-state index contributed by atoms with van der Waals surface area (Å²) in [4.78, 5) is 23.2. The van der Waals surface area contributed by atoms with Gasteiger partial charge in [0, 0.05) is 24.8 Å². The van der Waals surface area contributed by atoms with Crippen LogP contribution in [0.1, 0.15) is 11.5 Å². The third-order valence-electron chi connectivity index (χ3n) is 4.10. The fourth-order valence-electron chi connectivity index (χ4n) is 2.70. The average molecular weight is 372 g/mol. The van der Waals surface area contributed by atoms with E-state index < -0.39 is 0 Å². The van der Waals surface area contributed by atoms with Crippen molar-refractivity contribution in [2.45, 2.75) is 13.5 Å². The summed E-state index contributed by atoms with van der Waals surface area (Å²) < 4.78 is 15.9. The maximum atomic E-state index is 12.0. The van der Waals surface area contributed by atoms with Crippen molar-refractivity contribution in [1.29, 1.82) is 0 Å². The molecular formula is C19H24N4O4. The van der Waals surface area contributed by atoms with E-state index in [2.05, 4.69) is 20.2 Å². The first-order valence-corrected chi connectivity index (χ1v) is 8.85. The molecular weight excluding hydrogens is 348 g/mol. The fraction of sp³-hybridized carbons (Fsp3) is 0.421. The third kappa shape index (κ3) is 5.55. The lowest BCUT2D eigenvalue weighted by molar-refractivity contribution is -0.123. The average Bonchev–Trinajstić information content (AvgIpc) is 2.71. The van der Waals surface area contributed by atoms with Gasteiger partial charge in [0.25, 0.3) is 5.91 Å². The normalized spacial score (nSPS) is 13.9.